The van der Waals surface area contributed by atoms with Crippen LogP contribution in [-0.2, 0) is 26.4 Å². The molecule has 0 spiro atoms. The van der Waals surface area contributed by atoms with Crippen LogP contribution in [0.3, 0.4) is 0 Å². The third-order valence-corrected chi connectivity index (χ3v) is 3.82. The van der Waals surface area contributed by atoms with E-state index in [0.29, 0.717) is 0 Å². The van der Waals surface area contributed by atoms with E-state index >= 15 is 0 Å². The molecule has 0 radical (unpaired) electrons. The molecule has 28 valence electrons. The van der Waals surface area contributed by atoms with Crippen molar-refractivity contribution in [2.24, 2.45) is 0 Å². The third-order valence-electron chi connectivity index (χ3n) is 0.281. The Kier molecular flexibility index (Phi) is 6.41. The van der Waals surface area contributed by atoms with Gasteiger partial charge in [-0.1, -0.05) is 0 Å². The summed E-state index contributed by atoms with van der Waals surface area (Å²) in [5, 5.41) is 0. The van der Waals surface area contributed by atoms with Gasteiger partial charge in [0.2, 0.25) is 0 Å². The van der Waals surface area contributed by atoms with E-state index < -0.39 is 23.8 Å². The standard InChI is InChI=1S/C2H5O.ClH.Hg/c1-2-3;;/h2H2,1H3;1H;/q-1;;+2/p-1. The Balaban J connectivity index is 2.19. The molecular weight excluding hydrogens is 276 g/mol. The maximum absolute atomic E-state index is 5.30. The van der Waals surface area contributed by atoms with E-state index in [4.69, 9.17) is 10.9 Å². The second kappa shape index (κ2) is 5.19. The van der Waals surface area contributed by atoms with Crippen molar-refractivity contribution in [3.8, 4) is 0 Å². The topological polar surface area (TPSA) is 9.23 Å². The van der Waals surface area contributed by atoms with Crippen LogP contribution in [0.2, 0.25) is 0 Å². The Morgan fingerprint density at radius 2 is 2.60 bits per heavy atom. The van der Waals surface area contributed by atoms with Gasteiger partial charge in [0, 0.05) is 0 Å². The summed E-state index contributed by atoms with van der Waals surface area (Å²) < 4.78 is 4.82. The molecule has 0 amide bonds. The number of hydrogen-bond donors (Lipinski definition) is 0. The molecule has 0 aliphatic carbocycles. The van der Waals surface area contributed by atoms with Crippen LogP contribution in [0, 0.1) is 0 Å². The summed E-state index contributed by atoms with van der Waals surface area (Å²) in [6.07, 6.45) is 0. The maximum atomic E-state index is 5.30. The van der Waals surface area contributed by atoms with Crippen LogP contribution < -0.4 is 0 Å². The molecule has 0 bridgehead atoms. The molecule has 1 nitrogen and oxygen atoms in total. The van der Waals surface area contributed by atoms with Gasteiger partial charge in [-0.25, -0.2) is 0 Å². The van der Waals surface area contributed by atoms with Crippen molar-refractivity contribution >= 4 is 8.25 Å². The first-order chi connectivity index (χ1) is 2.41. The number of rotatable bonds is 2. The van der Waals surface area contributed by atoms with Crippen LogP contribution in [0.15, 0.2) is 0 Å². The van der Waals surface area contributed by atoms with E-state index in [9.17, 15) is 0 Å². The van der Waals surface area contributed by atoms with Crippen LogP contribution in [-0.4, -0.2) is 6.61 Å². The van der Waals surface area contributed by atoms with Gasteiger partial charge in [-0.05, 0) is 0 Å². The van der Waals surface area contributed by atoms with E-state index in [2.05, 4.69) is 0 Å². The molecule has 0 atom stereocenters. The molecule has 0 saturated heterocycles. The second-order valence-electron chi connectivity index (χ2n) is 0.602. The van der Waals surface area contributed by atoms with Gasteiger partial charge in [-0.15, -0.1) is 0 Å². The first kappa shape index (κ1) is 6.19. The summed E-state index contributed by atoms with van der Waals surface area (Å²) >= 11 is -1.17. The molecular formula is C2H5ClHgO. The van der Waals surface area contributed by atoms with Gasteiger partial charge in [0.25, 0.3) is 0 Å². The Hall–Kier alpha value is 1.19. The zero-order valence-electron chi connectivity index (χ0n) is 3.20. The minimum absolute atomic E-state index is 0.811. The van der Waals surface area contributed by atoms with Crippen molar-refractivity contribution in [3.05, 3.63) is 0 Å². The van der Waals surface area contributed by atoms with E-state index in [1.807, 2.05) is 6.92 Å². The second-order valence-corrected chi connectivity index (χ2v) is 4.95. The molecule has 5 heavy (non-hydrogen) atoms. The summed E-state index contributed by atoms with van der Waals surface area (Å²) in [6, 6.07) is 0. The van der Waals surface area contributed by atoms with Crippen LogP contribution in [0.1, 0.15) is 6.92 Å². The van der Waals surface area contributed by atoms with Gasteiger partial charge in [-0.2, -0.15) is 0 Å². The third kappa shape index (κ3) is 5.19. The molecule has 0 rings (SSSR count). The van der Waals surface area contributed by atoms with Crippen molar-refractivity contribution in [1.82, 2.24) is 0 Å². The van der Waals surface area contributed by atoms with Gasteiger partial charge in [0.1, 0.15) is 0 Å². The fraction of sp³-hybridized carbons (Fsp3) is 1.00. The molecule has 0 heterocycles. The van der Waals surface area contributed by atoms with Crippen molar-refractivity contribution < 1.29 is 26.4 Å². The quantitative estimate of drug-likeness (QED) is 0.691. The molecule has 0 fully saturated rings. The Morgan fingerprint density at radius 1 is 2.00 bits per heavy atom. The van der Waals surface area contributed by atoms with Crippen LogP contribution in [0.5, 0.6) is 0 Å². The first-order valence-corrected chi connectivity index (χ1v) is 10.6. The average Bonchev–Trinajstić information content (AvgIpc) is 1.41. The predicted octanol–water partition coefficient (Wildman–Crippen LogP) is 1.17. The van der Waals surface area contributed by atoms with Gasteiger partial charge in [0.05, 0.1) is 0 Å². The molecule has 0 aromatic rings. The Morgan fingerprint density at radius 3 is 2.60 bits per heavy atom. The Labute approximate surface area is 48.2 Å². The van der Waals surface area contributed by atoms with Gasteiger partial charge >= 0.3 is 48.2 Å². The number of halogens is 1. The fourth-order valence-corrected chi connectivity index (χ4v) is 2.03. The van der Waals surface area contributed by atoms with Crippen molar-refractivity contribution in [2.45, 2.75) is 6.92 Å². The van der Waals surface area contributed by atoms with Crippen LogP contribution in [0.4, 0.5) is 0 Å². The fourth-order valence-electron chi connectivity index (χ4n) is 0.0772. The van der Waals surface area contributed by atoms with Crippen molar-refractivity contribution in [1.29, 1.82) is 0 Å². The minimum atomic E-state index is -1.17. The van der Waals surface area contributed by atoms with Gasteiger partial charge < -0.3 is 0 Å². The average molecular weight is 281 g/mol. The zero-order chi connectivity index (χ0) is 4.12. The molecule has 3 heteroatoms. The van der Waals surface area contributed by atoms with E-state index in [0.717, 1.165) is 6.61 Å². The Bertz CT molecular complexity index is 17.1. The molecule has 0 aliphatic heterocycles. The van der Waals surface area contributed by atoms with Crippen LogP contribution >= 0.6 is 8.25 Å². The van der Waals surface area contributed by atoms with Crippen LogP contribution in [0.25, 0.3) is 0 Å². The summed E-state index contributed by atoms with van der Waals surface area (Å²) in [5.74, 6) is 0. The van der Waals surface area contributed by atoms with Gasteiger partial charge in [0.15, 0.2) is 0 Å². The predicted molar refractivity (Wildman–Crippen MR) is 17.5 cm³/mol. The summed E-state index contributed by atoms with van der Waals surface area (Å²) in [7, 11) is 5.30. The van der Waals surface area contributed by atoms with Crippen molar-refractivity contribution in [3.63, 3.8) is 0 Å². The number of hydrogen-bond acceptors (Lipinski definition) is 1. The molecule has 0 aromatic carbocycles. The molecule has 0 aromatic heterocycles. The van der Waals surface area contributed by atoms with E-state index in [1.165, 1.54) is 0 Å². The molecule has 0 N–H and O–H groups in total. The summed E-state index contributed by atoms with van der Waals surface area (Å²) in [6.45, 7) is 2.77. The molecule has 0 unspecified atom stereocenters. The first-order valence-electron chi connectivity index (χ1n) is 1.55. The molecule has 0 aliphatic rings. The monoisotopic (exact) mass is 282 g/mol. The van der Waals surface area contributed by atoms with Gasteiger partial charge in [-0.3, -0.25) is 0 Å². The van der Waals surface area contributed by atoms with Crippen molar-refractivity contribution in [2.75, 3.05) is 6.61 Å². The van der Waals surface area contributed by atoms with E-state index in [-0.39, 0.29) is 0 Å². The molecule has 0 saturated carbocycles. The zero-order valence-corrected chi connectivity index (χ0v) is 9.45. The SMILES string of the molecule is CC[O][Hg][Cl]. The summed E-state index contributed by atoms with van der Waals surface area (Å²) in [4.78, 5) is 0. The normalized spacial score (nSPS) is 6.80. The van der Waals surface area contributed by atoms with E-state index in [1.54, 1.807) is 0 Å². The summed E-state index contributed by atoms with van der Waals surface area (Å²) in [5.41, 5.74) is 0.